The van der Waals surface area contributed by atoms with Crippen LogP contribution in [0.5, 0.6) is 0 Å². The van der Waals surface area contributed by atoms with Gasteiger partial charge in [0.25, 0.3) is 5.97 Å². The van der Waals surface area contributed by atoms with Crippen molar-refractivity contribution >= 4 is 5.78 Å². The van der Waals surface area contributed by atoms with Crippen molar-refractivity contribution in [2.45, 2.75) is 154 Å². The molecule has 4 heteroatoms. The van der Waals surface area contributed by atoms with Gasteiger partial charge in [0.15, 0.2) is 0 Å². The fraction of sp³-hybridized carbons (Fsp3) is 0.889. The minimum Gasteiger partial charge on any atom is -0.344 e. The lowest BCUT2D eigenvalue weighted by molar-refractivity contribution is -0.315. The average molecular weight is 441 g/mol. The number of hydrogen-bond acceptors (Lipinski definition) is 4. The third-order valence-corrected chi connectivity index (χ3v) is 5.94. The first kappa shape index (κ1) is 30.3. The van der Waals surface area contributed by atoms with Gasteiger partial charge in [-0.15, -0.1) is 0 Å². The van der Waals surface area contributed by atoms with Crippen LogP contribution in [-0.4, -0.2) is 27.1 Å². The highest BCUT2D eigenvalue weighted by Gasteiger charge is 2.16. The van der Waals surface area contributed by atoms with Crippen molar-refractivity contribution in [1.29, 1.82) is 0 Å². The Labute approximate surface area is 192 Å². The minimum absolute atomic E-state index is 0.101. The van der Waals surface area contributed by atoms with Gasteiger partial charge in [-0.25, -0.2) is 0 Å². The number of hydrogen-bond donors (Lipinski definition) is 3. The van der Waals surface area contributed by atoms with Gasteiger partial charge in [-0.3, -0.25) is 4.79 Å². The fourth-order valence-electron chi connectivity index (χ4n) is 3.91. The van der Waals surface area contributed by atoms with Crippen LogP contribution in [0.1, 0.15) is 148 Å². The van der Waals surface area contributed by atoms with Gasteiger partial charge in [-0.2, -0.15) is 0 Å². The van der Waals surface area contributed by atoms with Crippen molar-refractivity contribution in [3.05, 3.63) is 12.2 Å². The van der Waals surface area contributed by atoms with Crippen LogP contribution in [0, 0.1) is 0 Å². The average Bonchev–Trinajstić information content (AvgIpc) is 2.72. The molecule has 4 nitrogen and oxygen atoms in total. The number of Topliss-reactive ketones (excluding diaryl/α,β-unsaturated/α-hetero) is 1. The first-order chi connectivity index (χ1) is 15.0. The largest absolute Gasteiger partial charge is 0.344 e. The van der Waals surface area contributed by atoms with E-state index in [1.54, 1.807) is 0 Å². The first-order valence-corrected chi connectivity index (χ1v) is 13.3. The maximum atomic E-state index is 11.8. The molecule has 0 aromatic carbocycles. The second kappa shape index (κ2) is 22.5. The van der Waals surface area contributed by atoms with Crippen molar-refractivity contribution in [1.82, 2.24) is 0 Å². The van der Waals surface area contributed by atoms with Gasteiger partial charge in [0.2, 0.25) is 0 Å². The summed E-state index contributed by atoms with van der Waals surface area (Å²) in [6.45, 7) is 2.27. The van der Waals surface area contributed by atoms with Crippen LogP contribution in [0.2, 0.25) is 0 Å². The molecular formula is C27H52O4. The fourth-order valence-corrected chi connectivity index (χ4v) is 3.91. The molecule has 31 heavy (non-hydrogen) atoms. The Morgan fingerprint density at radius 1 is 0.581 bits per heavy atom. The molecule has 0 aromatic rings. The molecule has 0 atom stereocenters. The molecule has 3 N–H and O–H groups in total. The van der Waals surface area contributed by atoms with Crippen molar-refractivity contribution in [2.75, 3.05) is 0 Å². The zero-order valence-electron chi connectivity index (χ0n) is 20.5. The summed E-state index contributed by atoms with van der Waals surface area (Å²) in [6.07, 6.45) is 28.9. The van der Waals surface area contributed by atoms with E-state index < -0.39 is 5.97 Å². The van der Waals surface area contributed by atoms with E-state index >= 15 is 0 Å². The van der Waals surface area contributed by atoms with E-state index in [1.165, 1.54) is 96.3 Å². The van der Waals surface area contributed by atoms with Crippen LogP contribution in [0.15, 0.2) is 12.2 Å². The van der Waals surface area contributed by atoms with Crippen LogP contribution in [0.4, 0.5) is 0 Å². The molecule has 0 radical (unpaired) electrons. The van der Waals surface area contributed by atoms with Gasteiger partial charge < -0.3 is 15.3 Å². The molecular weight excluding hydrogens is 388 g/mol. The highest BCUT2D eigenvalue weighted by Crippen LogP contribution is 2.14. The Morgan fingerprint density at radius 2 is 0.968 bits per heavy atom. The number of rotatable bonds is 24. The van der Waals surface area contributed by atoms with Crippen molar-refractivity contribution in [3.63, 3.8) is 0 Å². The summed E-state index contributed by atoms with van der Waals surface area (Å²) in [7, 11) is 0. The molecule has 0 aliphatic heterocycles. The van der Waals surface area contributed by atoms with E-state index in [9.17, 15) is 4.79 Å². The van der Waals surface area contributed by atoms with Crippen LogP contribution >= 0.6 is 0 Å². The molecule has 0 aliphatic rings. The monoisotopic (exact) mass is 440 g/mol. The lowest BCUT2D eigenvalue weighted by atomic mass is 10.0. The van der Waals surface area contributed by atoms with Crippen LogP contribution in [0.3, 0.4) is 0 Å². The quantitative estimate of drug-likeness (QED) is 0.0833. The standard InChI is InChI=1S/C27H52O4/c1-2-3-4-5-6-7-8-9-10-11-12-13-14-15-16-17-18-19-20-23-26(28)24-21-22-25-27(29,30)31/h9-10,29-31H,2-8,11-25H2,1H3. The number of ketones is 1. The van der Waals surface area contributed by atoms with E-state index in [0.717, 1.165) is 12.8 Å². The predicted molar refractivity (Wildman–Crippen MR) is 131 cm³/mol. The van der Waals surface area contributed by atoms with Crippen LogP contribution < -0.4 is 0 Å². The van der Waals surface area contributed by atoms with Crippen molar-refractivity contribution in [3.8, 4) is 0 Å². The molecule has 184 valence electrons. The van der Waals surface area contributed by atoms with Crippen molar-refractivity contribution < 1.29 is 20.1 Å². The topological polar surface area (TPSA) is 77.8 Å². The highest BCUT2D eigenvalue weighted by molar-refractivity contribution is 5.78. The zero-order valence-corrected chi connectivity index (χ0v) is 20.5. The van der Waals surface area contributed by atoms with Gasteiger partial charge in [-0.1, -0.05) is 96.1 Å². The third kappa shape index (κ3) is 27.3. The smallest absolute Gasteiger partial charge is 0.275 e. The van der Waals surface area contributed by atoms with E-state index in [2.05, 4.69) is 19.1 Å². The molecule has 0 rings (SSSR count). The van der Waals surface area contributed by atoms with Gasteiger partial charge in [0.1, 0.15) is 5.78 Å². The number of allylic oxidation sites excluding steroid dienone is 2. The Morgan fingerprint density at radius 3 is 1.42 bits per heavy atom. The third-order valence-electron chi connectivity index (χ3n) is 5.94. The molecule has 0 amide bonds. The molecule has 0 saturated carbocycles. The summed E-state index contributed by atoms with van der Waals surface area (Å²) in [5.74, 6) is -2.34. The summed E-state index contributed by atoms with van der Waals surface area (Å²) >= 11 is 0. The summed E-state index contributed by atoms with van der Waals surface area (Å²) in [5, 5.41) is 26.4. The number of carbonyl (C=O) groups is 1. The summed E-state index contributed by atoms with van der Waals surface area (Å²) < 4.78 is 0. The molecule has 0 aromatic heterocycles. The second-order valence-electron chi connectivity index (χ2n) is 9.27. The van der Waals surface area contributed by atoms with Gasteiger partial charge >= 0.3 is 0 Å². The SMILES string of the molecule is CCCCCCCCC=CCCCCCCCCCCCC(=O)CCCCC(O)(O)O. The predicted octanol–water partition coefficient (Wildman–Crippen LogP) is 7.34. The van der Waals surface area contributed by atoms with E-state index in [0.29, 0.717) is 25.7 Å². The Hall–Kier alpha value is -0.710. The van der Waals surface area contributed by atoms with Gasteiger partial charge in [0, 0.05) is 19.3 Å². The molecule has 0 fully saturated rings. The summed E-state index contributed by atoms with van der Waals surface area (Å²) in [6, 6.07) is 0. The maximum Gasteiger partial charge on any atom is 0.275 e. The zero-order chi connectivity index (χ0) is 23.0. The van der Waals surface area contributed by atoms with E-state index in [-0.39, 0.29) is 12.2 Å². The first-order valence-electron chi connectivity index (χ1n) is 13.3. The molecule has 0 spiro atoms. The highest BCUT2D eigenvalue weighted by atomic mass is 16.7. The van der Waals surface area contributed by atoms with Crippen LogP contribution in [0.25, 0.3) is 0 Å². The van der Waals surface area contributed by atoms with Crippen LogP contribution in [-0.2, 0) is 4.79 Å². The molecule has 0 aliphatic carbocycles. The molecule has 0 heterocycles. The Kier molecular flexibility index (Phi) is 22.0. The van der Waals surface area contributed by atoms with Gasteiger partial charge in [-0.05, 0) is 44.9 Å². The molecule has 0 unspecified atom stereocenters. The maximum absolute atomic E-state index is 11.8. The summed E-state index contributed by atoms with van der Waals surface area (Å²) in [4.78, 5) is 11.8. The lowest BCUT2D eigenvalue weighted by Crippen LogP contribution is -2.26. The lowest BCUT2D eigenvalue weighted by Gasteiger charge is -2.12. The van der Waals surface area contributed by atoms with Crippen molar-refractivity contribution in [2.24, 2.45) is 0 Å². The van der Waals surface area contributed by atoms with Gasteiger partial charge in [0.05, 0.1) is 0 Å². The second-order valence-corrected chi connectivity index (χ2v) is 9.27. The molecule has 0 bridgehead atoms. The normalized spacial score (nSPS) is 12.1. The van der Waals surface area contributed by atoms with E-state index in [1.807, 2.05) is 0 Å². The molecule has 0 saturated heterocycles. The number of aliphatic hydroxyl groups is 3. The number of carbonyl (C=O) groups excluding carboxylic acids is 1. The Balaban J connectivity index is 3.21. The number of unbranched alkanes of at least 4 members (excludes halogenated alkanes) is 16. The Bertz CT molecular complexity index is 412. The summed E-state index contributed by atoms with van der Waals surface area (Å²) in [5.41, 5.74) is 0. The van der Waals surface area contributed by atoms with E-state index in [4.69, 9.17) is 15.3 Å². The minimum atomic E-state index is -2.59.